The van der Waals surface area contributed by atoms with Gasteiger partial charge in [0.05, 0.1) is 6.61 Å². The summed E-state index contributed by atoms with van der Waals surface area (Å²) in [5.74, 6) is 1.33. The summed E-state index contributed by atoms with van der Waals surface area (Å²) < 4.78 is 5.41. The summed E-state index contributed by atoms with van der Waals surface area (Å²) in [6.07, 6.45) is 1.59. The Morgan fingerprint density at radius 3 is 2.67 bits per heavy atom. The number of likely N-dealkylation sites (tertiary alicyclic amines) is 1. The van der Waals surface area contributed by atoms with E-state index in [2.05, 4.69) is 24.3 Å². The predicted octanol–water partition coefficient (Wildman–Crippen LogP) is 1.81. The molecule has 1 aliphatic carbocycles. The van der Waals surface area contributed by atoms with Crippen molar-refractivity contribution < 1.29 is 14.3 Å². The molecule has 1 aromatic carbocycles. The zero-order valence-electron chi connectivity index (χ0n) is 14.3. The van der Waals surface area contributed by atoms with Crippen molar-refractivity contribution in [1.29, 1.82) is 0 Å². The zero-order valence-corrected chi connectivity index (χ0v) is 14.3. The molecule has 128 valence electrons. The number of benzene rings is 1. The molecule has 2 aliphatic heterocycles. The van der Waals surface area contributed by atoms with Crippen LogP contribution in [0.25, 0.3) is 0 Å². The molecule has 4 rings (SSSR count). The van der Waals surface area contributed by atoms with E-state index in [0.29, 0.717) is 18.3 Å². The highest BCUT2D eigenvalue weighted by atomic mass is 16.5. The van der Waals surface area contributed by atoms with Crippen molar-refractivity contribution in [1.82, 2.24) is 4.90 Å². The van der Waals surface area contributed by atoms with Crippen molar-refractivity contribution in [2.24, 2.45) is 11.8 Å². The Balaban J connectivity index is 1.59. The van der Waals surface area contributed by atoms with E-state index in [1.165, 1.54) is 5.56 Å². The first-order valence-corrected chi connectivity index (χ1v) is 8.73. The SMILES string of the molecule is COCC1C2CN(C(C)=O)CC12c1ccc(N2CCCC2=O)cc1. The van der Waals surface area contributed by atoms with Crippen LogP contribution in [-0.2, 0) is 19.7 Å². The van der Waals surface area contributed by atoms with Crippen molar-refractivity contribution >= 4 is 17.5 Å². The normalized spacial score (nSPS) is 31.5. The van der Waals surface area contributed by atoms with Gasteiger partial charge in [0.25, 0.3) is 0 Å². The lowest BCUT2D eigenvalue weighted by Gasteiger charge is -2.24. The van der Waals surface area contributed by atoms with Gasteiger partial charge in [0.2, 0.25) is 11.8 Å². The molecule has 0 spiro atoms. The highest BCUT2D eigenvalue weighted by Gasteiger charge is 2.69. The number of carbonyl (C=O) groups excluding carboxylic acids is 2. The van der Waals surface area contributed by atoms with E-state index >= 15 is 0 Å². The molecule has 0 N–H and O–H groups in total. The molecule has 24 heavy (non-hydrogen) atoms. The number of methoxy groups -OCH3 is 1. The predicted molar refractivity (Wildman–Crippen MR) is 90.8 cm³/mol. The summed E-state index contributed by atoms with van der Waals surface area (Å²) in [6, 6.07) is 8.41. The number of hydrogen-bond acceptors (Lipinski definition) is 3. The van der Waals surface area contributed by atoms with Gasteiger partial charge in [0, 0.05) is 51.2 Å². The zero-order chi connectivity index (χ0) is 16.9. The van der Waals surface area contributed by atoms with Crippen molar-refractivity contribution in [2.75, 3.05) is 38.3 Å². The summed E-state index contributed by atoms with van der Waals surface area (Å²) >= 11 is 0. The van der Waals surface area contributed by atoms with Crippen LogP contribution in [-0.4, -0.2) is 50.1 Å². The fourth-order valence-electron chi connectivity index (χ4n) is 4.82. The maximum atomic E-state index is 11.9. The monoisotopic (exact) mass is 328 g/mol. The Labute approximate surface area is 142 Å². The number of rotatable bonds is 4. The number of amides is 2. The number of ether oxygens (including phenoxy) is 1. The van der Waals surface area contributed by atoms with Crippen LogP contribution in [0.3, 0.4) is 0 Å². The molecular weight excluding hydrogens is 304 g/mol. The third kappa shape index (κ3) is 2.18. The largest absolute Gasteiger partial charge is 0.384 e. The van der Waals surface area contributed by atoms with Crippen molar-refractivity contribution in [3.63, 3.8) is 0 Å². The van der Waals surface area contributed by atoms with Crippen LogP contribution in [0.2, 0.25) is 0 Å². The van der Waals surface area contributed by atoms with E-state index < -0.39 is 0 Å². The van der Waals surface area contributed by atoms with Crippen molar-refractivity contribution in [3.8, 4) is 0 Å². The molecule has 2 heterocycles. The Bertz CT molecular complexity index is 672. The number of carbonyl (C=O) groups is 2. The van der Waals surface area contributed by atoms with Gasteiger partial charge >= 0.3 is 0 Å². The summed E-state index contributed by atoms with van der Waals surface area (Å²) in [7, 11) is 1.74. The molecule has 3 fully saturated rings. The topological polar surface area (TPSA) is 49.9 Å². The van der Waals surface area contributed by atoms with E-state index in [1.807, 2.05) is 9.80 Å². The van der Waals surface area contributed by atoms with Crippen LogP contribution in [0.15, 0.2) is 24.3 Å². The van der Waals surface area contributed by atoms with E-state index in [9.17, 15) is 9.59 Å². The molecule has 3 atom stereocenters. The highest BCUT2D eigenvalue weighted by Crippen LogP contribution is 2.64. The first kappa shape index (κ1) is 15.6. The molecule has 1 saturated carbocycles. The first-order chi connectivity index (χ1) is 11.6. The number of anilines is 1. The van der Waals surface area contributed by atoms with Gasteiger partial charge in [-0.1, -0.05) is 12.1 Å². The van der Waals surface area contributed by atoms with E-state index in [1.54, 1.807) is 14.0 Å². The summed E-state index contributed by atoms with van der Waals surface area (Å²) in [6.45, 7) is 4.81. The summed E-state index contributed by atoms with van der Waals surface area (Å²) in [4.78, 5) is 27.5. The Hall–Kier alpha value is -1.88. The Kier molecular flexibility index (Phi) is 3.64. The molecule has 3 aliphatic rings. The number of hydrogen-bond donors (Lipinski definition) is 0. The van der Waals surface area contributed by atoms with Crippen molar-refractivity contribution in [2.45, 2.75) is 25.2 Å². The smallest absolute Gasteiger partial charge is 0.227 e. The van der Waals surface area contributed by atoms with Crippen LogP contribution >= 0.6 is 0 Å². The maximum absolute atomic E-state index is 11.9. The first-order valence-electron chi connectivity index (χ1n) is 8.73. The molecule has 5 heteroatoms. The van der Waals surface area contributed by atoms with Crippen LogP contribution < -0.4 is 4.90 Å². The molecule has 0 radical (unpaired) electrons. The molecule has 0 bridgehead atoms. The van der Waals surface area contributed by atoms with Gasteiger partial charge < -0.3 is 14.5 Å². The van der Waals surface area contributed by atoms with E-state index in [-0.39, 0.29) is 17.2 Å². The molecular formula is C19H24N2O3. The van der Waals surface area contributed by atoms with Crippen LogP contribution in [0, 0.1) is 11.8 Å². The fourth-order valence-corrected chi connectivity index (χ4v) is 4.82. The Morgan fingerprint density at radius 1 is 1.33 bits per heavy atom. The minimum absolute atomic E-state index is 0.0369. The number of piperidine rings is 1. The van der Waals surface area contributed by atoms with Crippen LogP contribution in [0.5, 0.6) is 0 Å². The fraction of sp³-hybridized carbons (Fsp3) is 0.579. The summed E-state index contributed by atoms with van der Waals surface area (Å²) in [5, 5.41) is 0. The minimum atomic E-state index is 0.0369. The van der Waals surface area contributed by atoms with Gasteiger partial charge in [-0.2, -0.15) is 0 Å². The molecule has 0 aromatic heterocycles. The summed E-state index contributed by atoms with van der Waals surface area (Å²) in [5.41, 5.74) is 2.29. The highest BCUT2D eigenvalue weighted by molar-refractivity contribution is 5.95. The van der Waals surface area contributed by atoms with Gasteiger partial charge in [-0.25, -0.2) is 0 Å². The third-order valence-corrected chi connectivity index (χ3v) is 6.15. The lowest BCUT2D eigenvalue weighted by atomic mass is 9.92. The van der Waals surface area contributed by atoms with Gasteiger partial charge in [-0.3, -0.25) is 9.59 Å². The lowest BCUT2D eigenvalue weighted by Crippen LogP contribution is -2.33. The lowest BCUT2D eigenvalue weighted by molar-refractivity contribution is -0.128. The standard InChI is InChI=1S/C19H24N2O3/c1-13(22)20-10-16-17(11-24-2)19(16,12-20)14-5-7-15(8-6-14)21-9-3-4-18(21)23/h5-8,16-17H,3-4,9-12H2,1-2H3. The second-order valence-electron chi connectivity index (χ2n) is 7.30. The molecule has 2 amide bonds. The molecule has 5 nitrogen and oxygen atoms in total. The second kappa shape index (κ2) is 5.59. The molecule has 2 saturated heterocycles. The second-order valence-corrected chi connectivity index (χ2v) is 7.30. The third-order valence-electron chi connectivity index (χ3n) is 6.15. The number of nitrogens with zero attached hydrogens (tertiary/aromatic N) is 2. The van der Waals surface area contributed by atoms with Gasteiger partial charge in [-0.05, 0) is 36.0 Å². The van der Waals surface area contributed by atoms with Gasteiger partial charge in [0.15, 0.2) is 0 Å². The molecule has 3 unspecified atom stereocenters. The Morgan fingerprint density at radius 2 is 2.08 bits per heavy atom. The van der Waals surface area contributed by atoms with E-state index in [4.69, 9.17) is 4.74 Å². The van der Waals surface area contributed by atoms with Gasteiger partial charge in [-0.15, -0.1) is 0 Å². The average molecular weight is 328 g/mol. The van der Waals surface area contributed by atoms with Crippen molar-refractivity contribution in [3.05, 3.63) is 29.8 Å². The quantitative estimate of drug-likeness (QED) is 0.847. The van der Waals surface area contributed by atoms with Crippen LogP contribution in [0.4, 0.5) is 5.69 Å². The van der Waals surface area contributed by atoms with E-state index in [0.717, 1.165) is 38.3 Å². The van der Waals surface area contributed by atoms with Gasteiger partial charge in [0.1, 0.15) is 0 Å². The average Bonchev–Trinajstić information content (AvgIpc) is 2.94. The maximum Gasteiger partial charge on any atom is 0.227 e. The number of fused-ring (bicyclic) bond motifs is 1. The van der Waals surface area contributed by atoms with Crippen LogP contribution in [0.1, 0.15) is 25.3 Å². The molecule has 1 aromatic rings. The minimum Gasteiger partial charge on any atom is -0.384 e.